The normalized spacial score (nSPS) is 24.7. The highest BCUT2D eigenvalue weighted by Gasteiger charge is 2.41. The first-order valence-electron chi connectivity index (χ1n) is 7.54. The molecule has 0 bridgehead atoms. The van der Waals surface area contributed by atoms with Gasteiger partial charge in [0.1, 0.15) is 6.42 Å². The fraction of sp³-hybridized carbons (Fsp3) is 0.500. The third-order valence-corrected chi connectivity index (χ3v) is 3.83. The molecule has 0 aliphatic carbocycles. The maximum atomic E-state index is 14.1. The van der Waals surface area contributed by atoms with E-state index in [4.69, 9.17) is 4.74 Å². The summed E-state index contributed by atoms with van der Waals surface area (Å²) in [6.07, 6.45) is -6.13. The molecule has 24 heavy (non-hydrogen) atoms. The minimum atomic E-state index is -2.08. The lowest BCUT2D eigenvalue weighted by Crippen LogP contribution is -2.58. The number of hydrogen-bond donors (Lipinski definition) is 0. The number of likely N-dealkylation sites (N-methyl/N-ethyl adjacent to an activating group) is 1. The summed E-state index contributed by atoms with van der Waals surface area (Å²) in [6.45, 7) is 1.49. The fourth-order valence-electron chi connectivity index (χ4n) is 2.42. The van der Waals surface area contributed by atoms with Crippen LogP contribution in [0.15, 0.2) is 24.3 Å². The van der Waals surface area contributed by atoms with Crippen LogP contribution in [0, 0.1) is 0 Å². The van der Waals surface area contributed by atoms with E-state index in [2.05, 4.69) is 0 Å². The van der Waals surface area contributed by atoms with Crippen LogP contribution in [0.25, 0.3) is 0 Å². The minimum absolute atomic E-state index is 0.182. The van der Waals surface area contributed by atoms with Crippen LogP contribution in [0.4, 0.5) is 18.9 Å². The van der Waals surface area contributed by atoms with Crippen LogP contribution in [0.2, 0.25) is 0 Å². The van der Waals surface area contributed by atoms with Crippen LogP contribution >= 0.6 is 0 Å². The lowest BCUT2D eigenvalue weighted by atomic mass is 10.1. The van der Waals surface area contributed by atoms with Crippen molar-refractivity contribution < 1.29 is 27.5 Å². The van der Waals surface area contributed by atoms with Crippen LogP contribution in [0.1, 0.15) is 23.7 Å². The number of ether oxygens (including phenoxy) is 1. The second kappa shape index (κ2) is 7.65. The van der Waals surface area contributed by atoms with Crippen LogP contribution < -0.4 is 4.90 Å². The summed E-state index contributed by atoms with van der Waals surface area (Å²) in [4.78, 5) is 24.9. The monoisotopic (exact) mass is 344 g/mol. The van der Waals surface area contributed by atoms with Crippen LogP contribution in [0.3, 0.4) is 0 Å². The number of esters is 1. The van der Waals surface area contributed by atoms with Crippen molar-refractivity contribution in [3.63, 3.8) is 0 Å². The van der Waals surface area contributed by atoms with Gasteiger partial charge in [0.05, 0.1) is 13.2 Å². The number of piperazine rings is 1. The van der Waals surface area contributed by atoms with Crippen molar-refractivity contribution in [3.8, 4) is 0 Å². The van der Waals surface area contributed by atoms with E-state index in [9.17, 15) is 22.8 Å². The Hall–Kier alpha value is -2.09. The number of hydrogen-bond acceptors (Lipinski definition) is 5. The molecule has 1 aliphatic heterocycles. The minimum Gasteiger partial charge on any atom is -0.466 e. The summed E-state index contributed by atoms with van der Waals surface area (Å²) in [7, 11) is 1.18. The van der Waals surface area contributed by atoms with Gasteiger partial charge in [-0.15, -0.1) is 0 Å². The van der Waals surface area contributed by atoms with E-state index in [1.54, 1.807) is 6.92 Å². The Kier molecular flexibility index (Phi) is 5.82. The van der Waals surface area contributed by atoms with Crippen molar-refractivity contribution in [3.05, 3.63) is 29.8 Å². The number of nitrogens with zero attached hydrogens (tertiary/aromatic N) is 2. The zero-order valence-electron chi connectivity index (χ0n) is 13.4. The van der Waals surface area contributed by atoms with E-state index in [0.717, 1.165) is 4.90 Å². The van der Waals surface area contributed by atoms with E-state index in [1.165, 1.54) is 31.3 Å². The third kappa shape index (κ3) is 3.87. The highest BCUT2D eigenvalue weighted by atomic mass is 19.2. The Balaban J connectivity index is 2.09. The molecule has 8 heteroatoms. The average molecular weight is 344 g/mol. The molecule has 3 atom stereocenters. The number of rotatable bonds is 5. The summed E-state index contributed by atoms with van der Waals surface area (Å²) < 4.78 is 46.3. The smallest absolute Gasteiger partial charge is 0.313 e. The van der Waals surface area contributed by atoms with Gasteiger partial charge in [0, 0.05) is 11.3 Å². The van der Waals surface area contributed by atoms with Crippen molar-refractivity contribution in [2.45, 2.75) is 32.2 Å². The molecule has 1 aliphatic rings. The summed E-state index contributed by atoms with van der Waals surface area (Å²) in [5.74, 6) is -1.07. The molecule has 1 fully saturated rings. The second-order valence-corrected chi connectivity index (χ2v) is 5.45. The number of Topliss-reactive ketones (excluding diaryl/α,β-unsaturated/α-hetero) is 1. The van der Waals surface area contributed by atoms with Crippen LogP contribution in [0.5, 0.6) is 0 Å². The molecule has 0 radical (unpaired) electrons. The number of halogens is 3. The Morgan fingerprint density at radius 2 is 1.79 bits per heavy atom. The summed E-state index contributed by atoms with van der Waals surface area (Å²) >= 11 is 0. The molecule has 0 spiro atoms. The van der Waals surface area contributed by atoms with Crippen molar-refractivity contribution >= 4 is 17.4 Å². The standard InChI is InChI=1S/C16H19F3N2O3/c1-3-24-14(23)8-12(22)10-4-6-11(7-5-10)21-9-13(17)20(2)15(18)16(21)19/h4-7,13,15-16H,3,8-9H2,1-2H3. The number of anilines is 1. The van der Waals surface area contributed by atoms with Gasteiger partial charge in [-0.25, -0.2) is 18.1 Å². The summed E-state index contributed by atoms with van der Waals surface area (Å²) in [5.41, 5.74) is 0.499. The largest absolute Gasteiger partial charge is 0.466 e. The van der Waals surface area contributed by atoms with Crippen molar-refractivity contribution in [1.29, 1.82) is 0 Å². The van der Waals surface area contributed by atoms with Gasteiger partial charge in [0.2, 0.25) is 12.6 Å². The number of carbonyl (C=O) groups excluding carboxylic acids is 2. The molecule has 5 nitrogen and oxygen atoms in total. The zero-order chi connectivity index (χ0) is 17.9. The Morgan fingerprint density at radius 3 is 2.38 bits per heavy atom. The molecular formula is C16H19F3N2O3. The van der Waals surface area contributed by atoms with Gasteiger partial charge in [-0.05, 0) is 38.2 Å². The summed E-state index contributed by atoms with van der Waals surface area (Å²) in [5, 5.41) is 0. The second-order valence-electron chi connectivity index (χ2n) is 5.45. The molecule has 0 saturated carbocycles. The fourth-order valence-corrected chi connectivity index (χ4v) is 2.42. The lowest BCUT2D eigenvalue weighted by Gasteiger charge is -2.41. The zero-order valence-corrected chi connectivity index (χ0v) is 13.4. The first-order valence-corrected chi connectivity index (χ1v) is 7.54. The number of alkyl halides is 3. The first-order chi connectivity index (χ1) is 11.3. The molecule has 3 unspecified atom stereocenters. The topological polar surface area (TPSA) is 49.9 Å². The highest BCUT2D eigenvalue weighted by molar-refractivity contribution is 6.06. The number of carbonyl (C=O) groups is 2. The maximum Gasteiger partial charge on any atom is 0.313 e. The Bertz CT molecular complexity index is 597. The van der Waals surface area contributed by atoms with Crippen molar-refractivity contribution in [1.82, 2.24) is 4.90 Å². The molecule has 2 rings (SSSR count). The van der Waals surface area contributed by atoms with Crippen LogP contribution in [-0.4, -0.2) is 55.7 Å². The van der Waals surface area contributed by atoms with E-state index in [1.807, 2.05) is 0 Å². The van der Waals surface area contributed by atoms with Crippen molar-refractivity contribution in [2.75, 3.05) is 25.1 Å². The van der Waals surface area contributed by atoms with E-state index < -0.39 is 37.1 Å². The first kappa shape index (κ1) is 18.3. The molecule has 1 aromatic rings. The lowest BCUT2D eigenvalue weighted by molar-refractivity contribution is -0.141. The van der Waals surface area contributed by atoms with Gasteiger partial charge in [-0.2, -0.15) is 0 Å². The Morgan fingerprint density at radius 1 is 1.17 bits per heavy atom. The number of benzene rings is 1. The summed E-state index contributed by atoms with van der Waals surface area (Å²) in [6, 6.07) is 5.58. The molecule has 0 aromatic heterocycles. The molecule has 0 amide bonds. The van der Waals surface area contributed by atoms with Gasteiger partial charge in [0.15, 0.2) is 12.1 Å². The molecule has 132 valence electrons. The van der Waals surface area contributed by atoms with Gasteiger partial charge in [-0.1, -0.05) is 0 Å². The molecule has 1 saturated heterocycles. The predicted octanol–water partition coefficient (Wildman–Crippen LogP) is 2.46. The molecule has 1 aromatic carbocycles. The third-order valence-electron chi connectivity index (χ3n) is 3.83. The van der Waals surface area contributed by atoms with E-state index >= 15 is 0 Å². The van der Waals surface area contributed by atoms with E-state index in [-0.39, 0.29) is 24.4 Å². The van der Waals surface area contributed by atoms with Gasteiger partial charge < -0.3 is 9.64 Å². The average Bonchev–Trinajstić information content (AvgIpc) is 2.56. The van der Waals surface area contributed by atoms with Gasteiger partial charge >= 0.3 is 5.97 Å². The SMILES string of the molecule is CCOC(=O)CC(=O)c1ccc(N2CC(F)N(C)C(F)C2F)cc1. The highest BCUT2D eigenvalue weighted by Crippen LogP contribution is 2.28. The molecule has 1 heterocycles. The van der Waals surface area contributed by atoms with Gasteiger partial charge in [0.25, 0.3) is 0 Å². The molecular weight excluding hydrogens is 325 g/mol. The van der Waals surface area contributed by atoms with Gasteiger partial charge in [-0.3, -0.25) is 9.59 Å². The quantitative estimate of drug-likeness (QED) is 0.355. The maximum absolute atomic E-state index is 14.1. The predicted molar refractivity (Wildman–Crippen MR) is 81.8 cm³/mol. The van der Waals surface area contributed by atoms with Crippen molar-refractivity contribution in [2.24, 2.45) is 0 Å². The van der Waals surface area contributed by atoms with E-state index in [0.29, 0.717) is 4.90 Å². The Labute approximate surface area is 138 Å². The number of ketones is 1. The van der Waals surface area contributed by atoms with Crippen LogP contribution in [-0.2, 0) is 9.53 Å². The molecule has 0 N–H and O–H groups in total.